The maximum absolute atomic E-state index is 13.1. The van der Waals surface area contributed by atoms with E-state index in [1.165, 1.54) is 17.5 Å². The van der Waals surface area contributed by atoms with Crippen molar-refractivity contribution in [2.75, 3.05) is 17.7 Å². The zero-order chi connectivity index (χ0) is 20.1. The maximum atomic E-state index is 13.1. The molecule has 3 N–H and O–H groups in total. The number of nitrogens with zero attached hydrogens (tertiary/aromatic N) is 5. The van der Waals surface area contributed by atoms with E-state index in [2.05, 4.69) is 20.0 Å². The largest absolute Gasteiger partial charge is 0.419 e. The summed E-state index contributed by atoms with van der Waals surface area (Å²) in [7, 11) is 1.96. The predicted molar refractivity (Wildman–Crippen MR) is 100 cm³/mol. The van der Waals surface area contributed by atoms with Crippen LogP contribution in [0.5, 0.6) is 0 Å². The van der Waals surface area contributed by atoms with Crippen molar-refractivity contribution in [1.29, 1.82) is 0 Å². The van der Waals surface area contributed by atoms with Crippen molar-refractivity contribution in [3.8, 4) is 11.3 Å². The summed E-state index contributed by atoms with van der Waals surface area (Å²) in [6, 6.07) is 1.25. The molecule has 3 aromatic rings. The van der Waals surface area contributed by atoms with Crippen molar-refractivity contribution >= 4 is 27.2 Å². The van der Waals surface area contributed by atoms with Gasteiger partial charge in [-0.1, -0.05) is 11.3 Å². The van der Waals surface area contributed by atoms with Gasteiger partial charge in [-0.3, -0.25) is 0 Å². The number of alkyl halides is 3. The molecule has 11 heteroatoms. The molecule has 4 rings (SSSR count). The van der Waals surface area contributed by atoms with Crippen LogP contribution in [0.2, 0.25) is 0 Å². The lowest BCUT2D eigenvalue weighted by Crippen LogP contribution is -2.36. The van der Waals surface area contributed by atoms with E-state index in [0.717, 1.165) is 36.9 Å². The lowest BCUT2D eigenvalue weighted by atomic mass is 9.92. The lowest BCUT2D eigenvalue weighted by molar-refractivity contribution is -0.137. The van der Waals surface area contributed by atoms with Crippen LogP contribution in [0, 0.1) is 0 Å². The molecule has 0 radical (unpaired) electrons. The van der Waals surface area contributed by atoms with Gasteiger partial charge in [0.15, 0.2) is 0 Å². The van der Waals surface area contributed by atoms with Crippen LogP contribution in [0.25, 0.3) is 16.2 Å². The first-order chi connectivity index (χ1) is 13.2. The van der Waals surface area contributed by atoms with Crippen LogP contribution >= 0.6 is 11.3 Å². The highest BCUT2D eigenvalue weighted by atomic mass is 32.1. The number of aliphatic hydroxyl groups is 1. The molecule has 1 saturated carbocycles. The maximum Gasteiger partial charge on any atom is 0.419 e. The van der Waals surface area contributed by atoms with Crippen LogP contribution < -0.4 is 10.6 Å². The number of nitrogen functional groups attached to an aromatic ring is 1. The Morgan fingerprint density at radius 1 is 1.29 bits per heavy atom. The molecule has 0 aliphatic heterocycles. The first-order valence-electron chi connectivity index (χ1n) is 8.82. The highest BCUT2D eigenvalue weighted by molar-refractivity contribution is 7.20. The molecule has 1 aliphatic rings. The fraction of sp³-hybridized carbons (Fsp3) is 0.471. The minimum atomic E-state index is -4.58. The molecule has 1 aliphatic carbocycles. The third-order valence-electron chi connectivity index (χ3n) is 5.07. The molecule has 0 bridgehead atoms. The highest BCUT2D eigenvalue weighted by Crippen LogP contribution is 2.36. The van der Waals surface area contributed by atoms with Gasteiger partial charge in [0.05, 0.1) is 23.6 Å². The van der Waals surface area contributed by atoms with E-state index in [1.54, 1.807) is 10.7 Å². The summed E-state index contributed by atoms with van der Waals surface area (Å²) < 4.78 is 40.7. The summed E-state index contributed by atoms with van der Waals surface area (Å²) in [5.41, 5.74) is 4.96. The summed E-state index contributed by atoms with van der Waals surface area (Å²) in [6.45, 7) is 0. The van der Waals surface area contributed by atoms with Gasteiger partial charge in [-0.05, 0) is 31.7 Å². The van der Waals surface area contributed by atoms with Gasteiger partial charge in [-0.15, -0.1) is 5.10 Å². The van der Waals surface area contributed by atoms with E-state index in [4.69, 9.17) is 5.73 Å². The van der Waals surface area contributed by atoms with Gasteiger partial charge in [0.1, 0.15) is 5.82 Å². The van der Waals surface area contributed by atoms with E-state index in [1.807, 2.05) is 7.05 Å². The van der Waals surface area contributed by atoms with Crippen molar-refractivity contribution < 1.29 is 18.3 Å². The Kier molecular flexibility index (Phi) is 4.66. The Balaban J connectivity index is 1.60. The van der Waals surface area contributed by atoms with E-state index in [0.29, 0.717) is 16.7 Å². The number of halogens is 3. The van der Waals surface area contributed by atoms with Gasteiger partial charge in [0.25, 0.3) is 0 Å². The number of aromatic nitrogens is 4. The first-order valence-corrected chi connectivity index (χ1v) is 9.64. The number of hydrogen-bond acceptors (Lipinski definition) is 7. The van der Waals surface area contributed by atoms with Gasteiger partial charge in [-0.2, -0.15) is 13.2 Å². The van der Waals surface area contributed by atoms with Crippen molar-refractivity contribution in [2.24, 2.45) is 0 Å². The van der Waals surface area contributed by atoms with Crippen LogP contribution in [0.15, 0.2) is 18.5 Å². The first kappa shape index (κ1) is 18.9. The SMILES string of the molecule is CN(c1nn2cc(-c3cnc(N)c(C(F)(F)F)c3)nc2s1)C1CCC(O)CC1. The second-order valence-corrected chi connectivity index (χ2v) is 7.90. The average Bonchev–Trinajstić information content (AvgIpc) is 3.20. The van der Waals surface area contributed by atoms with Gasteiger partial charge in [-0.25, -0.2) is 14.5 Å². The predicted octanol–water partition coefficient (Wildman–Crippen LogP) is 3.19. The number of rotatable bonds is 3. The fourth-order valence-electron chi connectivity index (χ4n) is 3.42. The van der Waals surface area contributed by atoms with Crippen molar-refractivity contribution in [3.63, 3.8) is 0 Å². The quantitative estimate of drug-likeness (QED) is 0.686. The molecule has 0 amide bonds. The minimum Gasteiger partial charge on any atom is -0.393 e. The zero-order valence-electron chi connectivity index (χ0n) is 15.0. The monoisotopic (exact) mass is 412 g/mol. The normalized spacial score (nSPS) is 20.6. The zero-order valence-corrected chi connectivity index (χ0v) is 15.8. The molecule has 1 fully saturated rings. The van der Waals surface area contributed by atoms with Gasteiger partial charge in [0, 0.05) is 24.8 Å². The average molecular weight is 412 g/mol. The summed E-state index contributed by atoms with van der Waals surface area (Å²) in [5, 5.41) is 14.9. The standard InChI is InChI=1S/C17H19F3N6OS/c1-25(10-2-4-11(27)5-3-10)16-24-26-8-13(23-15(26)28-16)9-6-12(17(18,19)20)14(21)22-7-9/h6-8,10-11,27H,2-5H2,1H3,(H2,21,22). The van der Waals surface area contributed by atoms with E-state index in [9.17, 15) is 18.3 Å². The smallest absolute Gasteiger partial charge is 0.393 e. The number of fused-ring (bicyclic) bond motifs is 1. The Morgan fingerprint density at radius 2 is 2.00 bits per heavy atom. The summed E-state index contributed by atoms with van der Waals surface area (Å²) in [5.74, 6) is -0.558. The molecular formula is C17H19F3N6OS. The van der Waals surface area contributed by atoms with Crippen LogP contribution in [0.4, 0.5) is 24.1 Å². The minimum absolute atomic E-state index is 0.226. The Morgan fingerprint density at radius 3 is 2.64 bits per heavy atom. The molecule has 0 spiro atoms. The topological polar surface area (TPSA) is 92.6 Å². The van der Waals surface area contributed by atoms with Crippen LogP contribution in [-0.4, -0.2) is 43.9 Å². The molecule has 0 aromatic carbocycles. The molecule has 28 heavy (non-hydrogen) atoms. The summed E-state index contributed by atoms with van der Waals surface area (Å²) >= 11 is 1.37. The van der Waals surface area contributed by atoms with Crippen molar-refractivity contribution in [2.45, 2.75) is 44.0 Å². The number of nitrogens with two attached hydrogens (primary N) is 1. The number of imidazole rings is 1. The third kappa shape index (κ3) is 3.51. The number of anilines is 2. The molecule has 3 aromatic heterocycles. The second-order valence-electron chi connectivity index (χ2n) is 6.97. The lowest BCUT2D eigenvalue weighted by Gasteiger charge is -2.32. The van der Waals surface area contributed by atoms with Gasteiger partial charge < -0.3 is 15.7 Å². The molecule has 0 saturated heterocycles. The van der Waals surface area contributed by atoms with E-state index < -0.39 is 17.6 Å². The Hall–Kier alpha value is -2.40. The van der Waals surface area contributed by atoms with Crippen molar-refractivity contribution in [1.82, 2.24) is 19.6 Å². The third-order valence-corrected chi connectivity index (χ3v) is 6.08. The van der Waals surface area contributed by atoms with Gasteiger partial charge in [0.2, 0.25) is 10.1 Å². The summed E-state index contributed by atoms with van der Waals surface area (Å²) in [6.07, 6.45) is 1.38. The van der Waals surface area contributed by atoms with E-state index in [-0.39, 0.29) is 11.7 Å². The van der Waals surface area contributed by atoms with Crippen molar-refractivity contribution in [3.05, 3.63) is 24.0 Å². The molecule has 3 heterocycles. The number of pyridine rings is 1. The Bertz CT molecular complexity index is 961. The molecule has 0 unspecified atom stereocenters. The fourth-order valence-corrected chi connectivity index (χ4v) is 4.33. The molecular weight excluding hydrogens is 393 g/mol. The van der Waals surface area contributed by atoms with Gasteiger partial charge >= 0.3 is 6.18 Å². The van der Waals surface area contributed by atoms with Crippen LogP contribution in [-0.2, 0) is 6.18 Å². The van der Waals surface area contributed by atoms with Crippen LogP contribution in [0.1, 0.15) is 31.2 Å². The van der Waals surface area contributed by atoms with Crippen LogP contribution in [0.3, 0.4) is 0 Å². The second kappa shape index (κ2) is 6.89. The Labute approximate surface area is 162 Å². The molecule has 150 valence electrons. The number of aliphatic hydroxyl groups excluding tert-OH is 1. The number of hydrogen-bond donors (Lipinski definition) is 2. The highest BCUT2D eigenvalue weighted by Gasteiger charge is 2.34. The molecule has 7 nitrogen and oxygen atoms in total. The summed E-state index contributed by atoms with van der Waals surface area (Å²) in [4.78, 5) is 10.7. The van der Waals surface area contributed by atoms with E-state index >= 15 is 0 Å². The molecule has 0 atom stereocenters.